The minimum Gasteiger partial charge on any atom is -0.456 e. The Hall–Kier alpha value is -3.15. The molecule has 0 spiro atoms. The number of hydrogen-bond donors (Lipinski definition) is 1. The topological polar surface area (TPSA) is 92.1 Å². The van der Waals surface area contributed by atoms with Crippen molar-refractivity contribution in [1.82, 2.24) is 4.98 Å². The smallest absolute Gasteiger partial charge is 0.263 e. The van der Waals surface area contributed by atoms with Gasteiger partial charge in [-0.25, -0.2) is 17.8 Å². The Balaban J connectivity index is 1.89. The van der Waals surface area contributed by atoms with Crippen LogP contribution in [0.2, 0.25) is 5.02 Å². The average molecular weight is 404 g/mol. The van der Waals surface area contributed by atoms with Gasteiger partial charge in [-0.3, -0.25) is 4.72 Å². The van der Waals surface area contributed by atoms with E-state index in [9.17, 15) is 18.1 Å². The first kappa shape index (κ1) is 18.6. The molecule has 0 aliphatic rings. The maximum atomic E-state index is 12.9. The Kier molecular flexibility index (Phi) is 5.26. The van der Waals surface area contributed by atoms with E-state index in [0.29, 0.717) is 10.8 Å². The van der Waals surface area contributed by atoms with Gasteiger partial charge in [0.25, 0.3) is 10.0 Å². The molecule has 0 fully saturated rings. The van der Waals surface area contributed by atoms with Crippen LogP contribution in [0.1, 0.15) is 5.56 Å². The zero-order valence-electron chi connectivity index (χ0n) is 13.6. The zero-order valence-corrected chi connectivity index (χ0v) is 15.1. The third kappa shape index (κ3) is 4.53. The van der Waals surface area contributed by atoms with Crippen molar-refractivity contribution in [2.45, 2.75) is 4.90 Å². The van der Waals surface area contributed by atoms with Crippen molar-refractivity contribution < 1.29 is 17.5 Å². The summed E-state index contributed by atoms with van der Waals surface area (Å²) in [4.78, 5) is 3.48. The normalized spacial score (nSPS) is 10.9. The van der Waals surface area contributed by atoms with E-state index in [2.05, 4.69) is 9.71 Å². The van der Waals surface area contributed by atoms with Gasteiger partial charge >= 0.3 is 0 Å². The third-order valence-electron chi connectivity index (χ3n) is 3.37. The molecule has 0 atom stereocenters. The van der Waals surface area contributed by atoms with Crippen molar-refractivity contribution >= 4 is 27.4 Å². The molecule has 1 N–H and O–H groups in total. The highest BCUT2D eigenvalue weighted by atomic mass is 35.5. The molecule has 136 valence electrons. The van der Waals surface area contributed by atoms with Gasteiger partial charge in [0.2, 0.25) is 0 Å². The summed E-state index contributed by atoms with van der Waals surface area (Å²) in [5.41, 5.74) is 0.0184. The van der Waals surface area contributed by atoms with Gasteiger partial charge in [-0.2, -0.15) is 5.26 Å². The van der Waals surface area contributed by atoms with Crippen molar-refractivity contribution in [3.63, 3.8) is 0 Å². The second-order valence-corrected chi connectivity index (χ2v) is 7.42. The molecule has 0 aliphatic heterocycles. The highest BCUT2D eigenvalue weighted by Crippen LogP contribution is 2.29. The molecular formula is C18H11ClFN3O3S. The highest BCUT2D eigenvalue weighted by Gasteiger charge is 2.18. The largest absolute Gasteiger partial charge is 0.456 e. The van der Waals surface area contributed by atoms with Gasteiger partial charge in [0.15, 0.2) is 0 Å². The number of rotatable bonds is 5. The van der Waals surface area contributed by atoms with Crippen molar-refractivity contribution in [3.05, 3.63) is 77.2 Å². The molecule has 0 bridgehead atoms. The summed E-state index contributed by atoms with van der Waals surface area (Å²) in [6.07, 6.45) is 0.889. The molecule has 2 aromatic carbocycles. The number of nitrogens with one attached hydrogen (secondary N) is 1. The Morgan fingerprint density at radius 2 is 1.96 bits per heavy atom. The Morgan fingerprint density at radius 1 is 1.15 bits per heavy atom. The lowest BCUT2D eigenvalue weighted by Crippen LogP contribution is -2.14. The van der Waals surface area contributed by atoms with Gasteiger partial charge in [0.1, 0.15) is 29.2 Å². The average Bonchev–Trinajstić information content (AvgIpc) is 2.64. The number of sulfonamides is 1. The predicted octanol–water partition coefficient (Wildman–Crippen LogP) is 4.34. The van der Waals surface area contributed by atoms with Crippen LogP contribution in [0.4, 0.5) is 10.2 Å². The molecule has 27 heavy (non-hydrogen) atoms. The Labute approximate surface area is 159 Å². The zero-order chi connectivity index (χ0) is 19.4. The van der Waals surface area contributed by atoms with E-state index in [0.717, 1.165) is 12.3 Å². The summed E-state index contributed by atoms with van der Waals surface area (Å²) < 4.78 is 45.6. The van der Waals surface area contributed by atoms with Crippen molar-refractivity contribution in [1.29, 1.82) is 5.26 Å². The van der Waals surface area contributed by atoms with Gasteiger partial charge in [-0.15, -0.1) is 0 Å². The van der Waals surface area contributed by atoms with Crippen LogP contribution in [0.25, 0.3) is 0 Å². The van der Waals surface area contributed by atoms with Crippen molar-refractivity contribution in [2.75, 3.05) is 4.72 Å². The van der Waals surface area contributed by atoms with Crippen LogP contribution in [0.15, 0.2) is 65.7 Å². The fourth-order valence-electron chi connectivity index (χ4n) is 2.14. The lowest BCUT2D eigenvalue weighted by molar-refractivity contribution is 0.480. The molecule has 0 radical (unpaired) electrons. The molecule has 3 rings (SSSR count). The fourth-order valence-corrected chi connectivity index (χ4v) is 3.36. The summed E-state index contributed by atoms with van der Waals surface area (Å²) in [6, 6.07) is 14.6. The van der Waals surface area contributed by atoms with Crippen molar-refractivity contribution in [2.24, 2.45) is 0 Å². The number of aromatic nitrogens is 1. The molecule has 6 nitrogen and oxygen atoms in total. The Bertz CT molecular complexity index is 1130. The number of benzene rings is 2. The van der Waals surface area contributed by atoms with Gasteiger partial charge in [0.05, 0.1) is 16.7 Å². The van der Waals surface area contributed by atoms with E-state index < -0.39 is 15.8 Å². The van der Waals surface area contributed by atoms with Crippen LogP contribution < -0.4 is 9.46 Å². The van der Waals surface area contributed by atoms with Crippen LogP contribution in [0, 0.1) is 17.1 Å². The number of nitrogens with zero attached hydrogens (tertiary/aromatic N) is 2. The van der Waals surface area contributed by atoms with Crippen LogP contribution >= 0.6 is 11.6 Å². The second-order valence-electron chi connectivity index (χ2n) is 5.30. The molecule has 1 heterocycles. The van der Waals surface area contributed by atoms with Crippen LogP contribution in [0.3, 0.4) is 0 Å². The number of nitriles is 1. The first-order valence-corrected chi connectivity index (χ1v) is 9.35. The first-order chi connectivity index (χ1) is 12.9. The van der Waals surface area contributed by atoms with Gasteiger partial charge in [0, 0.05) is 5.02 Å². The summed E-state index contributed by atoms with van der Waals surface area (Å²) >= 11 is 5.89. The number of anilines is 1. The SMILES string of the molecule is N#Cc1cc(S(=O)(=O)Nc2ccc(F)cn2)ccc1Oc1cccc(Cl)c1. The van der Waals surface area contributed by atoms with E-state index in [1.54, 1.807) is 24.3 Å². The van der Waals surface area contributed by atoms with Crippen molar-refractivity contribution in [3.8, 4) is 17.6 Å². The molecule has 0 aliphatic carbocycles. The highest BCUT2D eigenvalue weighted by molar-refractivity contribution is 7.92. The Morgan fingerprint density at radius 3 is 2.63 bits per heavy atom. The van der Waals surface area contributed by atoms with Crippen LogP contribution in [-0.2, 0) is 10.0 Å². The molecule has 0 saturated heterocycles. The quantitative estimate of drug-likeness (QED) is 0.684. The number of pyridine rings is 1. The second kappa shape index (κ2) is 7.61. The number of ether oxygens (including phenoxy) is 1. The summed E-state index contributed by atoms with van der Waals surface area (Å²) in [5.74, 6) is -0.0525. The third-order valence-corrected chi connectivity index (χ3v) is 4.96. The number of halogens is 2. The van der Waals surface area contributed by atoms with E-state index >= 15 is 0 Å². The maximum Gasteiger partial charge on any atom is 0.263 e. The molecule has 0 amide bonds. The van der Waals surface area contributed by atoms with E-state index in [-0.39, 0.29) is 22.0 Å². The summed E-state index contributed by atoms with van der Waals surface area (Å²) in [5, 5.41) is 9.80. The standard InChI is InChI=1S/C18H11ClFN3O3S/c19-13-2-1-3-15(9-13)26-17-6-5-16(8-12(17)10-21)27(24,25)23-18-7-4-14(20)11-22-18/h1-9,11H,(H,22,23). The first-order valence-electron chi connectivity index (χ1n) is 7.49. The van der Waals surface area contributed by atoms with E-state index in [1.165, 1.54) is 24.3 Å². The lowest BCUT2D eigenvalue weighted by Gasteiger charge is -2.11. The minimum atomic E-state index is -4.02. The monoisotopic (exact) mass is 403 g/mol. The molecule has 1 aromatic heterocycles. The lowest BCUT2D eigenvalue weighted by atomic mass is 10.2. The summed E-state index contributed by atoms with van der Waals surface area (Å²) in [6.45, 7) is 0. The molecule has 3 aromatic rings. The van der Waals surface area contributed by atoms with Crippen LogP contribution in [-0.4, -0.2) is 13.4 Å². The van der Waals surface area contributed by atoms with Crippen LogP contribution in [0.5, 0.6) is 11.5 Å². The van der Waals surface area contributed by atoms with E-state index in [1.807, 2.05) is 6.07 Å². The maximum absolute atomic E-state index is 12.9. The summed E-state index contributed by atoms with van der Waals surface area (Å²) in [7, 11) is -4.02. The van der Waals surface area contributed by atoms with Gasteiger partial charge in [-0.1, -0.05) is 17.7 Å². The van der Waals surface area contributed by atoms with Gasteiger partial charge < -0.3 is 4.74 Å². The number of hydrogen-bond acceptors (Lipinski definition) is 5. The predicted molar refractivity (Wildman–Crippen MR) is 97.7 cm³/mol. The molecule has 0 unspecified atom stereocenters. The molecule has 0 saturated carbocycles. The minimum absolute atomic E-state index is 0.0184. The molecule has 9 heteroatoms. The van der Waals surface area contributed by atoms with Gasteiger partial charge in [-0.05, 0) is 48.5 Å². The molecular weight excluding hydrogens is 393 g/mol. The van der Waals surface area contributed by atoms with E-state index in [4.69, 9.17) is 16.3 Å². The fraction of sp³-hybridized carbons (Fsp3) is 0.